The summed E-state index contributed by atoms with van der Waals surface area (Å²) in [6.07, 6.45) is 8.83. The molecule has 0 bridgehead atoms. The van der Waals surface area contributed by atoms with Crippen LogP contribution in [0.4, 0.5) is 0 Å². The molecule has 1 N–H and O–H groups in total. The third kappa shape index (κ3) is 10.6. The third-order valence-electron chi connectivity index (χ3n) is 9.84. The fraction of sp³-hybridized carbons (Fsp3) is 0.511. The molecular weight excluding hydrogens is 867 g/mol. The molecule has 0 saturated carbocycles. The summed E-state index contributed by atoms with van der Waals surface area (Å²) < 4.78 is 8.30. The van der Waals surface area contributed by atoms with Crippen LogP contribution < -0.4 is 9.13 Å². The third-order valence-corrected chi connectivity index (χ3v) is 14.1. The van der Waals surface area contributed by atoms with Gasteiger partial charge in [-0.15, -0.1) is 0 Å². The van der Waals surface area contributed by atoms with Gasteiger partial charge in [-0.25, -0.2) is 0 Å². The molecule has 6 heteroatoms. The zero-order valence-corrected chi connectivity index (χ0v) is 38.1. The quantitative estimate of drug-likeness (QED) is 0.0656. The largest absolute Gasteiger partial charge is 0.512 e. The number of benzene rings is 3. The van der Waals surface area contributed by atoms with Crippen molar-refractivity contribution in [3.05, 3.63) is 71.6 Å². The number of fused-ring (bicyclic) bond motifs is 3. The van der Waals surface area contributed by atoms with Gasteiger partial charge in [0.05, 0.1) is 5.76 Å². The summed E-state index contributed by atoms with van der Waals surface area (Å²) in [5.41, 5.74) is 5.00. The number of carbonyl (C=O) groups is 1. The van der Waals surface area contributed by atoms with Crippen molar-refractivity contribution in [1.82, 2.24) is 4.98 Å². The number of aromatic nitrogens is 1. The number of carbonyl (C=O) groups excluding carboxylic acids is 1. The molecule has 1 aliphatic rings. The maximum Gasteiger partial charge on any atom is 0.162 e. The number of hydrogen-bond acceptors (Lipinski definition) is 4. The van der Waals surface area contributed by atoms with E-state index in [1.165, 1.54) is 32.4 Å². The summed E-state index contributed by atoms with van der Waals surface area (Å²) in [4.78, 5) is 16.6. The van der Waals surface area contributed by atoms with Crippen molar-refractivity contribution >= 4 is 45.0 Å². The Hall–Kier alpha value is -2.47. The number of aliphatic hydroxyl groups excluding tert-OH is 1. The van der Waals surface area contributed by atoms with E-state index >= 15 is 0 Å². The van der Waals surface area contributed by atoms with E-state index in [1.54, 1.807) is 0 Å². The van der Waals surface area contributed by atoms with Crippen molar-refractivity contribution in [2.24, 2.45) is 22.7 Å². The zero-order chi connectivity index (χ0) is 37.2. The van der Waals surface area contributed by atoms with E-state index in [2.05, 4.69) is 101 Å². The minimum atomic E-state index is -2.05. The SMILES string of the molecule is CC(C)(C)Cc1ccc2c(CC(C)(C)C)c3c([c-]c2c1)-c1nccc2c[c]([Ge]([CH3])([CH3])[CH3])cc(c12)O3.CCC(CC)C(=O)/C=C(\O)C(CC)CC.[Ir]. The molecule has 3 aromatic carbocycles. The van der Waals surface area contributed by atoms with Crippen LogP contribution in [0.1, 0.15) is 106 Å². The molecule has 4 aromatic rings. The van der Waals surface area contributed by atoms with Crippen molar-refractivity contribution in [2.45, 2.75) is 125 Å². The molecule has 5 rings (SSSR count). The van der Waals surface area contributed by atoms with Crippen molar-refractivity contribution in [3.8, 4) is 22.8 Å². The molecule has 1 radical (unpaired) electrons. The van der Waals surface area contributed by atoms with Crippen LogP contribution in [-0.2, 0) is 37.7 Å². The Bertz CT molecular complexity index is 1870. The van der Waals surface area contributed by atoms with Gasteiger partial charge in [0.25, 0.3) is 0 Å². The van der Waals surface area contributed by atoms with E-state index in [4.69, 9.17) is 9.72 Å². The fourth-order valence-corrected chi connectivity index (χ4v) is 9.42. The van der Waals surface area contributed by atoms with Gasteiger partial charge < -0.3 is 5.11 Å². The maximum absolute atomic E-state index is 11.7. The van der Waals surface area contributed by atoms with Crippen LogP contribution in [0.3, 0.4) is 0 Å². The Labute approximate surface area is 325 Å². The van der Waals surface area contributed by atoms with Gasteiger partial charge in [-0.1, -0.05) is 48.5 Å². The fourth-order valence-electron chi connectivity index (χ4n) is 7.00. The molecule has 4 nitrogen and oxygen atoms in total. The van der Waals surface area contributed by atoms with E-state index in [-0.39, 0.29) is 54.3 Å². The van der Waals surface area contributed by atoms with Crippen molar-refractivity contribution in [1.29, 1.82) is 0 Å². The molecule has 0 atom stereocenters. The summed E-state index contributed by atoms with van der Waals surface area (Å²) in [7, 11) is 0. The smallest absolute Gasteiger partial charge is 0.162 e. The Morgan fingerprint density at radius 2 is 1.49 bits per heavy atom. The standard InChI is InChI=1S/C32H38GeNO.C13H24O2.Ir/c1-31(2,3)18-20-10-11-24-22(14-20)16-25-29-28-21(12-13-34-29)15-23(33(7,8)9)17-27(28)35-30(25)26(24)19-32(4,5)6;1-5-10(6-2)12(14)9-13(15)11(7-3)8-4;/h10-15,17H,18-19H2,1-9H3;9-11,14H,5-8H2,1-4H3;/q-1;;/b;12-9-;. The Morgan fingerprint density at radius 3 is 2.04 bits per heavy atom. The first-order chi connectivity index (χ1) is 23.3. The normalized spacial score (nSPS) is 13.1. The Kier molecular flexibility index (Phi) is 14.4. The summed E-state index contributed by atoms with van der Waals surface area (Å²) in [6, 6.07) is 17.5. The van der Waals surface area contributed by atoms with Crippen LogP contribution in [0, 0.1) is 28.7 Å². The molecule has 51 heavy (non-hydrogen) atoms. The van der Waals surface area contributed by atoms with Crippen LogP contribution in [0.2, 0.25) is 17.3 Å². The zero-order valence-electron chi connectivity index (χ0n) is 33.6. The molecule has 0 spiro atoms. The first kappa shape index (κ1) is 42.9. The van der Waals surface area contributed by atoms with Crippen LogP contribution in [0.15, 0.2) is 54.4 Å². The number of ether oxygens (including phenoxy) is 1. The van der Waals surface area contributed by atoms with Crippen LogP contribution in [0.5, 0.6) is 11.5 Å². The second-order valence-electron chi connectivity index (χ2n) is 17.7. The first-order valence-corrected chi connectivity index (χ1v) is 26.2. The minimum Gasteiger partial charge on any atom is -0.512 e. The summed E-state index contributed by atoms with van der Waals surface area (Å²) >= 11 is -2.05. The molecule has 279 valence electrons. The minimum absolute atomic E-state index is 0. The van der Waals surface area contributed by atoms with Gasteiger partial charge in [0.15, 0.2) is 5.78 Å². The monoisotopic (exact) mass is 931 g/mol. The molecule has 0 saturated heterocycles. The van der Waals surface area contributed by atoms with E-state index in [0.717, 1.165) is 72.1 Å². The van der Waals surface area contributed by atoms with Gasteiger partial charge >= 0.3 is 193 Å². The Balaban J connectivity index is 0.000000374. The number of nitrogens with zero attached hydrogens (tertiary/aromatic N) is 1. The van der Waals surface area contributed by atoms with Gasteiger partial charge in [0.1, 0.15) is 0 Å². The van der Waals surface area contributed by atoms with Crippen LogP contribution >= 0.6 is 0 Å². The number of rotatable bonds is 10. The summed E-state index contributed by atoms with van der Waals surface area (Å²) in [5.74, 6) is 9.77. The van der Waals surface area contributed by atoms with Gasteiger partial charge in [-0.3, -0.25) is 4.79 Å². The first-order valence-electron chi connectivity index (χ1n) is 18.9. The van der Waals surface area contributed by atoms with Gasteiger partial charge in [-0.2, -0.15) is 0 Å². The molecule has 1 aromatic heterocycles. The van der Waals surface area contributed by atoms with E-state index in [1.807, 2.05) is 33.9 Å². The number of allylic oxidation sites excluding steroid dienone is 2. The summed E-state index contributed by atoms with van der Waals surface area (Å²) in [6.45, 7) is 21.9. The van der Waals surface area contributed by atoms with E-state index in [9.17, 15) is 9.90 Å². The van der Waals surface area contributed by atoms with Crippen LogP contribution in [-0.4, -0.2) is 29.1 Å². The topological polar surface area (TPSA) is 59.4 Å². The van der Waals surface area contributed by atoms with E-state index in [0.29, 0.717) is 0 Å². The maximum atomic E-state index is 11.7. The number of hydrogen-bond donors (Lipinski definition) is 1. The van der Waals surface area contributed by atoms with E-state index < -0.39 is 13.3 Å². The molecule has 0 aliphatic carbocycles. The number of pyridine rings is 1. The van der Waals surface area contributed by atoms with Crippen LogP contribution in [0.25, 0.3) is 32.8 Å². The molecule has 1 aliphatic heterocycles. The second kappa shape index (κ2) is 17.1. The molecule has 0 unspecified atom stereocenters. The summed E-state index contributed by atoms with van der Waals surface area (Å²) in [5, 5.41) is 14.5. The molecule has 2 heterocycles. The molecule has 0 fully saturated rings. The van der Waals surface area contributed by atoms with Crippen molar-refractivity contribution < 1.29 is 34.7 Å². The average Bonchev–Trinajstić information content (AvgIpc) is 3.01. The van der Waals surface area contributed by atoms with Gasteiger partial charge in [0.2, 0.25) is 0 Å². The Morgan fingerprint density at radius 1 is 0.882 bits per heavy atom. The number of ketones is 1. The van der Waals surface area contributed by atoms with Crippen molar-refractivity contribution in [2.75, 3.05) is 0 Å². The molecular formula is C45H62GeIrNO3-. The molecule has 0 amide bonds. The number of aliphatic hydroxyl groups is 1. The van der Waals surface area contributed by atoms with Crippen molar-refractivity contribution in [3.63, 3.8) is 0 Å². The van der Waals surface area contributed by atoms with Gasteiger partial charge in [-0.05, 0) is 25.7 Å². The average molecular weight is 930 g/mol. The van der Waals surface area contributed by atoms with Gasteiger partial charge in [0, 0.05) is 38.0 Å². The second-order valence-corrected chi connectivity index (χ2v) is 28.4. The predicted molar refractivity (Wildman–Crippen MR) is 217 cm³/mol. The predicted octanol–water partition coefficient (Wildman–Crippen LogP) is 12.6.